The largest absolute Gasteiger partial charge is 0.457 e. The van der Waals surface area contributed by atoms with E-state index in [1.807, 2.05) is 0 Å². The highest BCUT2D eigenvalue weighted by molar-refractivity contribution is 5.82. The molecule has 0 rings (SSSR count). The third-order valence-corrected chi connectivity index (χ3v) is 4.94. The highest BCUT2D eigenvalue weighted by Crippen LogP contribution is 2.22. The van der Waals surface area contributed by atoms with Crippen LogP contribution < -0.4 is 0 Å². The topological polar surface area (TPSA) is 179 Å². The van der Waals surface area contributed by atoms with Crippen LogP contribution in [0.5, 0.6) is 0 Å². The van der Waals surface area contributed by atoms with Gasteiger partial charge in [0.2, 0.25) is 0 Å². The average molecular weight is 649 g/mol. The predicted molar refractivity (Wildman–Crippen MR) is 153 cm³/mol. The molecule has 0 radical (unpaired) electrons. The Morgan fingerprint density at radius 3 is 0.822 bits per heavy atom. The second-order valence-electron chi connectivity index (χ2n) is 9.49. The van der Waals surface area contributed by atoms with E-state index in [0.717, 1.165) is 24.3 Å². The SMILES string of the molecule is C=CC(=O)OC(C)COOCC(COOCC(C)OC(=O)C=C)(COOCC(C)OC(=O)C=C)COOCC(C)OC(=O)C=C. The predicted octanol–water partition coefficient (Wildman–Crippen LogP) is 2.24. The van der Waals surface area contributed by atoms with Crippen molar-refractivity contribution in [3.8, 4) is 0 Å². The number of carbonyl (C=O) groups is 4. The summed E-state index contributed by atoms with van der Waals surface area (Å²) in [6, 6.07) is 0. The first-order valence-electron chi connectivity index (χ1n) is 13.7. The van der Waals surface area contributed by atoms with Crippen LogP contribution in [0.4, 0.5) is 0 Å². The summed E-state index contributed by atoms with van der Waals surface area (Å²) in [5.41, 5.74) is -1.27. The van der Waals surface area contributed by atoms with Gasteiger partial charge < -0.3 is 18.9 Å². The van der Waals surface area contributed by atoms with E-state index in [9.17, 15) is 19.2 Å². The van der Waals surface area contributed by atoms with E-state index in [4.69, 9.17) is 58.0 Å². The number of ether oxygens (including phenoxy) is 4. The van der Waals surface area contributed by atoms with Gasteiger partial charge in [-0.1, -0.05) is 26.3 Å². The fraction of sp³-hybridized carbons (Fsp3) is 0.586. The van der Waals surface area contributed by atoms with Gasteiger partial charge >= 0.3 is 23.9 Å². The summed E-state index contributed by atoms with van der Waals surface area (Å²) in [6.07, 6.45) is 1.31. The summed E-state index contributed by atoms with van der Waals surface area (Å²) in [5.74, 6) is -2.57. The van der Waals surface area contributed by atoms with Crippen molar-refractivity contribution in [2.75, 3.05) is 52.9 Å². The van der Waals surface area contributed by atoms with Crippen molar-refractivity contribution in [1.82, 2.24) is 0 Å². The Kier molecular flexibility index (Phi) is 22.9. The van der Waals surface area contributed by atoms with Crippen LogP contribution in [0.15, 0.2) is 50.6 Å². The zero-order valence-corrected chi connectivity index (χ0v) is 26.1. The Hall–Kier alpha value is -3.48. The third-order valence-electron chi connectivity index (χ3n) is 4.94. The minimum atomic E-state index is -1.27. The van der Waals surface area contributed by atoms with Crippen LogP contribution in [-0.4, -0.2) is 101 Å². The van der Waals surface area contributed by atoms with E-state index in [1.54, 1.807) is 27.7 Å². The molecule has 0 aromatic rings. The summed E-state index contributed by atoms with van der Waals surface area (Å²) in [7, 11) is 0. The number of esters is 4. The average Bonchev–Trinajstić information content (AvgIpc) is 3.01. The highest BCUT2D eigenvalue weighted by atomic mass is 17.2. The molecule has 0 aliphatic rings. The summed E-state index contributed by atoms with van der Waals surface area (Å²) in [5, 5.41) is 0. The van der Waals surface area contributed by atoms with Gasteiger partial charge in [-0.2, -0.15) is 0 Å². The van der Waals surface area contributed by atoms with E-state index < -0.39 is 53.7 Å². The van der Waals surface area contributed by atoms with Crippen LogP contribution in [-0.2, 0) is 77.2 Å². The molecule has 0 fully saturated rings. The molecule has 256 valence electrons. The molecule has 0 saturated heterocycles. The molecule has 0 aliphatic heterocycles. The molecule has 0 spiro atoms. The number of rotatable bonds is 28. The molecule has 0 N–H and O–H groups in total. The standard InChI is InChI=1S/C29H44O16/c1-9-25(30)42-21(5)13-34-38-17-29(18-39-35-14-22(6)43-26(31)10-2,19-40-36-15-23(7)44-27(32)11-3)20-41-37-16-24(8)45-28(33)12-4/h9-12,21-24H,1-4,13-20H2,5-8H3. The Bertz CT molecular complexity index is 786. The molecule has 16 heteroatoms. The molecular formula is C29H44O16. The zero-order valence-electron chi connectivity index (χ0n) is 26.1. The fourth-order valence-corrected chi connectivity index (χ4v) is 2.61. The monoisotopic (exact) mass is 648 g/mol. The van der Waals surface area contributed by atoms with Crippen LogP contribution in [0.2, 0.25) is 0 Å². The smallest absolute Gasteiger partial charge is 0.330 e. The Morgan fingerprint density at radius 1 is 0.444 bits per heavy atom. The molecule has 45 heavy (non-hydrogen) atoms. The third kappa shape index (κ3) is 21.8. The van der Waals surface area contributed by atoms with E-state index in [1.165, 1.54) is 0 Å². The molecule has 0 bridgehead atoms. The van der Waals surface area contributed by atoms with Gasteiger partial charge in [0, 0.05) is 24.3 Å². The Labute approximate surface area is 262 Å². The van der Waals surface area contributed by atoms with Gasteiger partial charge in [0.25, 0.3) is 0 Å². The number of carbonyl (C=O) groups excluding carboxylic acids is 4. The zero-order chi connectivity index (χ0) is 34.1. The van der Waals surface area contributed by atoms with Gasteiger partial charge in [-0.25, -0.2) is 58.3 Å². The van der Waals surface area contributed by atoms with E-state index in [-0.39, 0.29) is 52.9 Å². The van der Waals surface area contributed by atoms with Crippen molar-refractivity contribution >= 4 is 23.9 Å². The van der Waals surface area contributed by atoms with Gasteiger partial charge in [0.1, 0.15) is 50.8 Å². The second-order valence-corrected chi connectivity index (χ2v) is 9.49. The van der Waals surface area contributed by atoms with Gasteiger partial charge in [0.05, 0.1) is 31.8 Å². The van der Waals surface area contributed by atoms with Crippen molar-refractivity contribution in [2.24, 2.45) is 5.41 Å². The van der Waals surface area contributed by atoms with Crippen molar-refractivity contribution < 1.29 is 77.2 Å². The Morgan fingerprint density at radius 2 is 0.644 bits per heavy atom. The lowest BCUT2D eigenvalue weighted by Crippen LogP contribution is -2.42. The first-order valence-corrected chi connectivity index (χ1v) is 13.7. The normalized spacial score (nSPS) is 14.8. The maximum Gasteiger partial charge on any atom is 0.330 e. The van der Waals surface area contributed by atoms with Crippen LogP contribution in [0.1, 0.15) is 27.7 Å². The van der Waals surface area contributed by atoms with Crippen LogP contribution in [0.3, 0.4) is 0 Å². The summed E-state index contributed by atoms with van der Waals surface area (Å²) >= 11 is 0. The summed E-state index contributed by atoms with van der Waals surface area (Å²) in [6.45, 7) is 17.9. The molecule has 0 aromatic heterocycles. The minimum absolute atomic E-state index is 0.147. The second kappa shape index (κ2) is 24.8. The lowest BCUT2D eigenvalue weighted by Gasteiger charge is -2.31. The lowest BCUT2D eigenvalue weighted by molar-refractivity contribution is -0.396. The molecule has 0 heterocycles. The molecule has 0 amide bonds. The van der Waals surface area contributed by atoms with E-state index in [0.29, 0.717) is 0 Å². The number of hydrogen-bond donors (Lipinski definition) is 0. The molecule has 4 unspecified atom stereocenters. The summed E-state index contributed by atoms with van der Waals surface area (Å²) < 4.78 is 20.1. The van der Waals surface area contributed by atoms with Crippen molar-refractivity contribution in [3.05, 3.63) is 50.6 Å². The van der Waals surface area contributed by atoms with Crippen LogP contribution >= 0.6 is 0 Å². The van der Waals surface area contributed by atoms with Crippen LogP contribution in [0.25, 0.3) is 0 Å². The molecule has 0 saturated carbocycles. The van der Waals surface area contributed by atoms with Gasteiger partial charge in [0.15, 0.2) is 0 Å². The molecule has 0 aromatic carbocycles. The van der Waals surface area contributed by atoms with Gasteiger partial charge in [-0.3, -0.25) is 0 Å². The first-order chi connectivity index (χ1) is 21.4. The quantitative estimate of drug-likeness (QED) is 0.0301. The minimum Gasteiger partial charge on any atom is -0.457 e. The molecule has 0 aliphatic carbocycles. The van der Waals surface area contributed by atoms with Crippen molar-refractivity contribution in [1.29, 1.82) is 0 Å². The number of hydrogen-bond acceptors (Lipinski definition) is 16. The van der Waals surface area contributed by atoms with Gasteiger partial charge in [-0.15, -0.1) is 0 Å². The summed E-state index contributed by atoms with van der Waals surface area (Å²) in [4.78, 5) is 87.8. The highest BCUT2D eigenvalue weighted by Gasteiger charge is 2.36. The maximum atomic E-state index is 11.4. The van der Waals surface area contributed by atoms with E-state index in [2.05, 4.69) is 26.3 Å². The molecule has 16 nitrogen and oxygen atoms in total. The molecular weight excluding hydrogens is 604 g/mol. The van der Waals surface area contributed by atoms with Crippen LogP contribution in [0, 0.1) is 5.41 Å². The fourth-order valence-electron chi connectivity index (χ4n) is 2.61. The Balaban J connectivity index is 5.50. The first kappa shape index (κ1) is 41.5. The van der Waals surface area contributed by atoms with Crippen molar-refractivity contribution in [3.63, 3.8) is 0 Å². The van der Waals surface area contributed by atoms with Crippen molar-refractivity contribution in [2.45, 2.75) is 52.1 Å². The van der Waals surface area contributed by atoms with E-state index >= 15 is 0 Å². The maximum absolute atomic E-state index is 11.4. The molecule has 4 atom stereocenters. The van der Waals surface area contributed by atoms with Gasteiger partial charge in [-0.05, 0) is 27.7 Å². The lowest BCUT2D eigenvalue weighted by atomic mass is 9.93.